The molecule has 0 bridgehead atoms. The van der Waals surface area contributed by atoms with Gasteiger partial charge in [0.05, 0.1) is 17.5 Å². The first-order chi connectivity index (χ1) is 10.2. The van der Waals surface area contributed by atoms with Crippen molar-refractivity contribution >= 4 is 11.0 Å². The van der Waals surface area contributed by atoms with Gasteiger partial charge in [-0.15, -0.1) is 0 Å². The molecule has 0 amide bonds. The van der Waals surface area contributed by atoms with Crippen LogP contribution in [-0.2, 0) is 12.8 Å². The summed E-state index contributed by atoms with van der Waals surface area (Å²) in [4.78, 5) is 12.2. The molecule has 110 valence electrons. The van der Waals surface area contributed by atoms with Crippen molar-refractivity contribution in [2.75, 3.05) is 6.54 Å². The van der Waals surface area contributed by atoms with Crippen molar-refractivity contribution < 1.29 is 4.52 Å². The van der Waals surface area contributed by atoms with E-state index in [4.69, 9.17) is 10.3 Å². The van der Waals surface area contributed by atoms with Gasteiger partial charge < -0.3 is 15.2 Å². The van der Waals surface area contributed by atoms with Gasteiger partial charge in [0.25, 0.3) is 0 Å². The summed E-state index contributed by atoms with van der Waals surface area (Å²) in [6.07, 6.45) is 2.28. The van der Waals surface area contributed by atoms with Gasteiger partial charge in [0.1, 0.15) is 5.82 Å². The Bertz CT molecular complexity index is 685. The van der Waals surface area contributed by atoms with Gasteiger partial charge in [-0.2, -0.15) is 4.98 Å². The molecule has 3 N–H and O–H groups in total. The molecule has 6 nitrogen and oxygen atoms in total. The number of H-pyrrole nitrogens is 1. The number of aromatic amines is 1. The Hall–Kier alpha value is -2.21. The molecule has 1 unspecified atom stereocenters. The molecule has 1 atom stereocenters. The first kappa shape index (κ1) is 13.8. The Balaban J connectivity index is 1.66. The van der Waals surface area contributed by atoms with E-state index in [-0.39, 0.29) is 0 Å². The summed E-state index contributed by atoms with van der Waals surface area (Å²) in [5.74, 6) is 2.64. The van der Waals surface area contributed by atoms with Gasteiger partial charge in [-0.25, -0.2) is 4.98 Å². The summed E-state index contributed by atoms with van der Waals surface area (Å²) in [7, 11) is 0. The van der Waals surface area contributed by atoms with Crippen LogP contribution in [0.1, 0.15) is 30.9 Å². The van der Waals surface area contributed by atoms with Crippen LogP contribution in [-0.4, -0.2) is 26.7 Å². The fourth-order valence-corrected chi connectivity index (χ4v) is 2.19. The predicted molar refractivity (Wildman–Crippen MR) is 79.7 cm³/mol. The molecule has 0 spiro atoms. The number of para-hydroxylation sites is 2. The zero-order valence-electron chi connectivity index (χ0n) is 12.0. The monoisotopic (exact) mass is 285 g/mol. The normalized spacial score (nSPS) is 12.9. The van der Waals surface area contributed by atoms with E-state index in [1.54, 1.807) is 0 Å². The van der Waals surface area contributed by atoms with Crippen LogP contribution in [0, 0.1) is 5.92 Å². The van der Waals surface area contributed by atoms with E-state index in [1.165, 1.54) is 0 Å². The van der Waals surface area contributed by atoms with Crippen molar-refractivity contribution in [3.8, 4) is 0 Å². The lowest BCUT2D eigenvalue weighted by atomic mass is 10.1. The van der Waals surface area contributed by atoms with Crippen LogP contribution in [0.3, 0.4) is 0 Å². The van der Waals surface area contributed by atoms with Gasteiger partial charge in [0.2, 0.25) is 5.89 Å². The van der Waals surface area contributed by atoms with Gasteiger partial charge in [0.15, 0.2) is 5.82 Å². The Labute approximate surface area is 122 Å². The fraction of sp³-hybridized carbons (Fsp3) is 0.400. The molecule has 0 aliphatic rings. The third-order valence-corrected chi connectivity index (χ3v) is 3.53. The van der Waals surface area contributed by atoms with E-state index < -0.39 is 0 Å². The predicted octanol–water partition coefficient (Wildman–Crippen LogP) is 2.06. The number of nitrogens with one attached hydrogen (secondary N) is 1. The SMILES string of the molecule is CC(CN)CCc1nc(Cc2nc3ccccc3[nH]2)no1. The van der Waals surface area contributed by atoms with Crippen molar-refractivity contribution in [1.29, 1.82) is 0 Å². The van der Waals surface area contributed by atoms with Crippen molar-refractivity contribution in [2.24, 2.45) is 11.7 Å². The lowest BCUT2D eigenvalue weighted by Crippen LogP contribution is -2.11. The molecule has 1 aromatic carbocycles. The standard InChI is InChI=1S/C15H19N5O/c1-10(9-16)6-7-15-19-14(20-21-15)8-13-17-11-4-2-3-5-12(11)18-13/h2-5,10H,6-9,16H2,1H3,(H,17,18). The van der Waals surface area contributed by atoms with E-state index >= 15 is 0 Å². The molecule has 21 heavy (non-hydrogen) atoms. The largest absolute Gasteiger partial charge is 0.342 e. The van der Waals surface area contributed by atoms with Crippen LogP contribution < -0.4 is 5.73 Å². The summed E-state index contributed by atoms with van der Waals surface area (Å²) in [6.45, 7) is 2.80. The Morgan fingerprint density at radius 1 is 1.29 bits per heavy atom. The van der Waals surface area contributed by atoms with Gasteiger partial charge in [0, 0.05) is 6.42 Å². The number of hydrogen-bond donors (Lipinski definition) is 2. The summed E-state index contributed by atoms with van der Waals surface area (Å²) < 4.78 is 5.26. The van der Waals surface area contributed by atoms with Crippen molar-refractivity contribution in [1.82, 2.24) is 20.1 Å². The highest BCUT2D eigenvalue weighted by Gasteiger charge is 2.11. The molecular formula is C15H19N5O. The molecule has 0 saturated heterocycles. The maximum atomic E-state index is 5.60. The highest BCUT2D eigenvalue weighted by atomic mass is 16.5. The molecule has 2 aromatic heterocycles. The molecule has 0 aliphatic carbocycles. The van der Waals surface area contributed by atoms with E-state index in [2.05, 4.69) is 27.0 Å². The molecule has 2 heterocycles. The van der Waals surface area contributed by atoms with E-state index in [0.717, 1.165) is 29.7 Å². The number of aromatic nitrogens is 4. The smallest absolute Gasteiger partial charge is 0.226 e. The van der Waals surface area contributed by atoms with E-state index in [1.807, 2.05) is 24.3 Å². The Morgan fingerprint density at radius 2 is 2.14 bits per heavy atom. The average Bonchev–Trinajstić information content (AvgIpc) is 3.10. The summed E-state index contributed by atoms with van der Waals surface area (Å²) >= 11 is 0. The number of rotatable bonds is 6. The third-order valence-electron chi connectivity index (χ3n) is 3.53. The summed E-state index contributed by atoms with van der Waals surface area (Å²) in [5.41, 5.74) is 7.57. The zero-order chi connectivity index (χ0) is 14.7. The zero-order valence-corrected chi connectivity index (χ0v) is 12.0. The van der Waals surface area contributed by atoms with E-state index in [0.29, 0.717) is 30.6 Å². The molecule has 0 saturated carbocycles. The first-order valence-corrected chi connectivity index (χ1v) is 7.19. The van der Waals surface area contributed by atoms with Gasteiger partial charge >= 0.3 is 0 Å². The van der Waals surface area contributed by atoms with E-state index in [9.17, 15) is 0 Å². The number of aryl methyl sites for hydroxylation is 1. The number of fused-ring (bicyclic) bond motifs is 1. The van der Waals surface area contributed by atoms with Crippen LogP contribution in [0.4, 0.5) is 0 Å². The number of nitrogens with zero attached hydrogens (tertiary/aromatic N) is 3. The van der Waals surface area contributed by atoms with Crippen LogP contribution in [0.2, 0.25) is 0 Å². The lowest BCUT2D eigenvalue weighted by Gasteiger charge is -2.03. The lowest BCUT2D eigenvalue weighted by molar-refractivity contribution is 0.362. The van der Waals surface area contributed by atoms with Crippen molar-refractivity contribution in [3.05, 3.63) is 41.8 Å². The summed E-state index contributed by atoms with van der Waals surface area (Å²) in [6, 6.07) is 7.93. The van der Waals surface area contributed by atoms with Crippen LogP contribution in [0.25, 0.3) is 11.0 Å². The molecule has 3 rings (SSSR count). The second kappa shape index (κ2) is 6.05. The quantitative estimate of drug-likeness (QED) is 0.723. The third kappa shape index (κ3) is 3.28. The highest BCUT2D eigenvalue weighted by Crippen LogP contribution is 2.13. The van der Waals surface area contributed by atoms with Crippen molar-refractivity contribution in [3.63, 3.8) is 0 Å². The number of hydrogen-bond acceptors (Lipinski definition) is 5. The minimum atomic E-state index is 0.468. The maximum Gasteiger partial charge on any atom is 0.226 e. The topological polar surface area (TPSA) is 93.6 Å². The van der Waals surface area contributed by atoms with Crippen molar-refractivity contribution in [2.45, 2.75) is 26.2 Å². The maximum absolute atomic E-state index is 5.60. The first-order valence-electron chi connectivity index (χ1n) is 7.19. The fourth-order valence-electron chi connectivity index (χ4n) is 2.19. The number of imidazole rings is 1. The Kier molecular flexibility index (Phi) is 3.96. The average molecular weight is 285 g/mol. The Morgan fingerprint density at radius 3 is 2.95 bits per heavy atom. The van der Waals surface area contributed by atoms with Crippen LogP contribution >= 0.6 is 0 Å². The molecule has 0 aliphatic heterocycles. The second-order valence-corrected chi connectivity index (χ2v) is 5.36. The van der Waals surface area contributed by atoms with Gasteiger partial charge in [-0.3, -0.25) is 0 Å². The molecule has 0 fully saturated rings. The number of nitrogens with two attached hydrogens (primary N) is 1. The van der Waals surface area contributed by atoms with Gasteiger partial charge in [-0.05, 0) is 31.0 Å². The molecule has 6 heteroatoms. The number of benzene rings is 1. The molecular weight excluding hydrogens is 266 g/mol. The minimum Gasteiger partial charge on any atom is -0.342 e. The molecule has 3 aromatic rings. The highest BCUT2D eigenvalue weighted by molar-refractivity contribution is 5.74. The van der Waals surface area contributed by atoms with Gasteiger partial charge in [-0.1, -0.05) is 24.2 Å². The van der Waals surface area contributed by atoms with Crippen LogP contribution in [0.5, 0.6) is 0 Å². The summed E-state index contributed by atoms with van der Waals surface area (Å²) in [5, 5.41) is 4.01. The second-order valence-electron chi connectivity index (χ2n) is 5.36. The molecule has 0 radical (unpaired) electrons. The van der Waals surface area contributed by atoms with Crippen LogP contribution in [0.15, 0.2) is 28.8 Å². The minimum absolute atomic E-state index is 0.468.